The van der Waals surface area contributed by atoms with E-state index in [1.165, 1.54) is 4.88 Å². The summed E-state index contributed by atoms with van der Waals surface area (Å²) in [5.41, 5.74) is 0.701. The minimum atomic E-state index is -0.0738. The van der Waals surface area contributed by atoms with Crippen molar-refractivity contribution >= 4 is 28.8 Å². The van der Waals surface area contributed by atoms with Gasteiger partial charge in [0.15, 0.2) is 0 Å². The lowest BCUT2D eigenvalue weighted by Crippen LogP contribution is -2.22. The first-order valence-electron chi connectivity index (χ1n) is 5.65. The van der Waals surface area contributed by atoms with Gasteiger partial charge in [0, 0.05) is 23.7 Å². The number of aliphatic hydroxyl groups is 1. The molecule has 0 bridgehead atoms. The molecule has 0 aromatic carbocycles. The molecule has 96 valence electrons. The standard InChI is InChI=1S/C13H15ClN2OS/c1-9(12-4-3-5-18-12)16(2)13-6-10(8-17)11(14)7-15-13/h3-7,9,17H,8H2,1-2H3. The van der Waals surface area contributed by atoms with Crippen LogP contribution in [0, 0.1) is 0 Å². The fourth-order valence-corrected chi connectivity index (χ4v) is 2.69. The average Bonchev–Trinajstić information content (AvgIpc) is 2.91. The SMILES string of the molecule is CC(c1cccs1)N(C)c1cc(CO)c(Cl)cn1. The predicted octanol–water partition coefficient (Wildman–Crippen LogP) is 3.49. The fourth-order valence-electron chi connectivity index (χ4n) is 1.70. The van der Waals surface area contributed by atoms with Crippen LogP contribution < -0.4 is 4.90 Å². The zero-order chi connectivity index (χ0) is 13.1. The summed E-state index contributed by atoms with van der Waals surface area (Å²) >= 11 is 7.66. The molecule has 0 radical (unpaired) electrons. The summed E-state index contributed by atoms with van der Waals surface area (Å²) in [5, 5.41) is 11.8. The Balaban J connectivity index is 2.25. The number of anilines is 1. The van der Waals surface area contributed by atoms with Gasteiger partial charge in [0.2, 0.25) is 0 Å². The lowest BCUT2D eigenvalue weighted by Gasteiger charge is -2.25. The van der Waals surface area contributed by atoms with Crippen LogP contribution in [0.3, 0.4) is 0 Å². The number of aromatic nitrogens is 1. The van der Waals surface area contributed by atoms with Crippen LogP contribution in [0.2, 0.25) is 5.02 Å². The van der Waals surface area contributed by atoms with Gasteiger partial charge in [-0.25, -0.2) is 4.98 Å². The van der Waals surface area contributed by atoms with Crippen molar-refractivity contribution in [3.63, 3.8) is 0 Å². The van der Waals surface area contributed by atoms with E-state index in [-0.39, 0.29) is 12.6 Å². The number of rotatable bonds is 4. The highest BCUT2D eigenvalue weighted by atomic mass is 35.5. The summed E-state index contributed by atoms with van der Waals surface area (Å²) in [7, 11) is 1.99. The molecule has 1 N–H and O–H groups in total. The zero-order valence-electron chi connectivity index (χ0n) is 10.3. The van der Waals surface area contributed by atoms with Crippen molar-refractivity contribution in [2.45, 2.75) is 19.6 Å². The maximum absolute atomic E-state index is 9.22. The molecule has 2 aromatic rings. The Morgan fingerprint density at radius 2 is 2.33 bits per heavy atom. The van der Waals surface area contributed by atoms with Gasteiger partial charge in [0.05, 0.1) is 17.7 Å². The molecule has 18 heavy (non-hydrogen) atoms. The van der Waals surface area contributed by atoms with Gasteiger partial charge in [-0.05, 0) is 24.4 Å². The maximum Gasteiger partial charge on any atom is 0.129 e. The lowest BCUT2D eigenvalue weighted by molar-refractivity contribution is 0.282. The molecule has 0 amide bonds. The largest absolute Gasteiger partial charge is 0.392 e. The fraction of sp³-hybridized carbons (Fsp3) is 0.308. The molecular formula is C13H15ClN2OS. The van der Waals surface area contributed by atoms with Crippen LogP contribution in [0.15, 0.2) is 29.8 Å². The maximum atomic E-state index is 9.22. The number of aliphatic hydroxyl groups excluding tert-OH is 1. The summed E-state index contributed by atoms with van der Waals surface area (Å²) in [4.78, 5) is 7.65. The van der Waals surface area contributed by atoms with Crippen molar-refractivity contribution in [1.29, 1.82) is 0 Å². The van der Waals surface area contributed by atoms with Crippen LogP contribution in [-0.2, 0) is 6.61 Å². The molecule has 0 saturated carbocycles. The van der Waals surface area contributed by atoms with Gasteiger partial charge in [0.25, 0.3) is 0 Å². The van der Waals surface area contributed by atoms with E-state index in [0.29, 0.717) is 10.6 Å². The van der Waals surface area contributed by atoms with E-state index in [1.54, 1.807) is 17.5 Å². The van der Waals surface area contributed by atoms with Crippen molar-refractivity contribution in [3.8, 4) is 0 Å². The molecule has 0 fully saturated rings. The van der Waals surface area contributed by atoms with Crippen LogP contribution in [-0.4, -0.2) is 17.1 Å². The average molecular weight is 283 g/mol. The Kier molecular flexibility index (Phi) is 4.22. The Hall–Kier alpha value is -1.10. The number of nitrogens with zero attached hydrogens (tertiary/aromatic N) is 2. The Labute approximate surface area is 116 Å². The Morgan fingerprint density at radius 1 is 1.56 bits per heavy atom. The van der Waals surface area contributed by atoms with Crippen molar-refractivity contribution in [2.75, 3.05) is 11.9 Å². The molecule has 0 aliphatic rings. The predicted molar refractivity (Wildman–Crippen MR) is 76.3 cm³/mol. The van der Waals surface area contributed by atoms with Crippen LogP contribution in [0.1, 0.15) is 23.4 Å². The summed E-state index contributed by atoms with van der Waals surface area (Å²) in [6.45, 7) is 2.05. The summed E-state index contributed by atoms with van der Waals surface area (Å²) in [6.07, 6.45) is 1.58. The second-order valence-corrected chi connectivity index (χ2v) is 5.48. The second-order valence-electron chi connectivity index (χ2n) is 4.09. The van der Waals surface area contributed by atoms with Crippen molar-refractivity contribution in [2.24, 2.45) is 0 Å². The van der Waals surface area contributed by atoms with Crippen molar-refractivity contribution < 1.29 is 5.11 Å². The van der Waals surface area contributed by atoms with E-state index in [0.717, 1.165) is 5.82 Å². The van der Waals surface area contributed by atoms with Crippen LogP contribution in [0.4, 0.5) is 5.82 Å². The molecule has 1 unspecified atom stereocenters. The summed E-state index contributed by atoms with van der Waals surface area (Å²) < 4.78 is 0. The summed E-state index contributed by atoms with van der Waals surface area (Å²) in [5.74, 6) is 0.810. The van der Waals surface area contributed by atoms with Crippen LogP contribution >= 0.6 is 22.9 Å². The minimum Gasteiger partial charge on any atom is -0.392 e. The van der Waals surface area contributed by atoms with Crippen LogP contribution in [0.25, 0.3) is 0 Å². The third kappa shape index (κ3) is 2.66. The Bertz CT molecular complexity index is 516. The number of hydrogen-bond donors (Lipinski definition) is 1. The van der Waals surface area contributed by atoms with Gasteiger partial charge in [-0.1, -0.05) is 17.7 Å². The van der Waals surface area contributed by atoms with Gasteiger partial charge in [-0.15, -0.1) is 11.3 Å². The van der Waals surface area contributed by atoms with E-state index in [4.69, 9.17) is 11.6 Å². The first-order valence-corrected chi connectivity index (χ1v) is 6.90. The van der Waals surface area contributed by atoms with E-state index in [1.807, 2.05) is 19.2 Å². The zero-order valence-corrected chi connectivity index (χ0v) is 11.9. The molecule has 2 aromatic heterocycles. The molecule has 2 heterocycles. The molecule has 5 heteroatoms. The lowest BCUT2D eigenvalue weighted by atomic mass is 10.2. The van der Waals surface area contributed by atoms with Gasteiger partial charge in [-0.3, -0.25) is 0 Å². The molecule has 0 saturated heterocycles. The first kappa shape index (κ1) is 13.3. The molecule has 0 aliphatic heterocycles. The molecule has 0 spiro atoms. The first-order chi connectivity index (χ1) is 8.63. The highest BCUT2D eigenvalue weighted by molar-refractivity contribution is 7.10. The number of hydrogen-bond acceptors (Lipinski definition) is 4. The number of pyridine rings is 1. The van der Waals surface area contributed by atoms with Gasteiger partial charge in [0.1, 0.15) is 5.82 Å². The minimum absolute atomic E-state index is 0.0738. The topological polar surface area (TPSA) is 36.4 Å². The van der Waals surface area contributed by atoms with E-state index >= 15 is 0 Å². The number of thiophene rings is 1. The summed E-state index contributed by atoms with van der Waals surface area (Å²) in [6, 6.07) is 6.21. The molecule has 0 aliphatic carbocycles. The third-order valence-electron chi connectivity index (χ3n) is 2.99. The second kappa shape index (κ2) is 5.69. The van der Waals surface area contributed by atoms with Crippen LogP contribution in [0.5, 0.6) is 0 Å². The van der Waals surface area contributed by atoms with Gasteiger partial charge >= 0.3 is 0 Å². The Morgan fingerprint density at radius 3 is 2.94 bits per heavy atom. The molecule has 2 rings (SSSR count). The normalized spacial score (nSPS) is 12.4. The van der Waals surface area contributed by atoms with Crippen molar-refractivity contribution in [3.05, 3.63) is 45.2 Å². The number of halogens is 1. The van der Waals surface area contributed by atoms with Crippen molar-refractivity contribution in [1.82, 2.24) is 4.98 Å². The molecule has 3 nitrogen and oxygen atoms in total. The third-order valence-corrected chi connectivity index (χ3v) is 4.37. The highest BCUT2D eigenvalue weighted by Crippen LogP contribution is 2.28. The van der Waals surface area contributed by atoms with E-state index in [9.17, 15) is 5.11 Å². The highest BCUT2D eigenvalue weighted by Gasteiger charge is 2.15. The smallest absolute Gasteiger partial charge is 0.129 e. The monoisotopic (exact) mass is 282 g/mol. The van der Waals surface area contributed by atoms with E-state index < -0.39 is 0 Å². The van der Waals surface area contributed by atoms with E-state index in [2.05, 4.69) is 28.3 Å². The van der Waals surface area contributed by atoms with Gasteiger partial charge in [-0.2, -0.15) is 0 Å². The van der Waals surface area contributed by atoms with Gasteiger partial charge < -0.3 is 10.0 Å². The quantitative estimate of drug-likeness (QED) is 0.933. The molecular weight excluding hydrogens is 268 g/mol. The molecule has 1 atom stereocenters.